The Morgan fingerprint density at radius 2 is 2.04 bits per heavy atom. The highest BCUT2D eigenvalue weighted by molar-refractivity contribution is 5.35. The first-order chi connectivity index (χ1) is 13.5. The summed E-state index contributed by atoms with van der Waals surface area (Å²) in [5.74, 6) is 2.67. The van der Waals surface area contributed by atoms with Gasteiger partial charge in [0.2, 0.25) is 5.95 Å². The van der Waals surface area contributed by atoms with Crippen LogP contribution >= 0.6 is 0 Å². The van der Waals surface area contributed by atoms with E-state index in [0.29, 0.717) is 17.8 Å². The van der Waals surface area contributed by atoms with Crippen molar-refractivity contribution in [3.05, 3.63) is 57.0 Å². The maximum Gasteiger partial charge on any atom is 0.258 e. The number of hydrogen-bond acceptors (Lipinski definition) is 5. The van der Waals surface area contributed by atoms with Crippen molar-refractivity contribution >= 4 is 5.95 Å². The van der Waals surface area contributed by atoms with Gasteiger partial charge in [-0.15, -0.1) is 0 Å². The van der Waals surface area contributed by atoms with Crippen LogP contribution in [-0.2, 0) is 13.5 Å². The summed E-state index contributed by atoms with van der Waals surface area (Å²) in [4.78, 5) is 19.7. The number of nitriles is 1. The molecular formula is C22H27N5O. The molecule has 1 saturated heterocycles. The van der Waals surface area contributed by atoms with Gasteiger partial charge in [-0.05, 0) is 55.2 Å². The minimum absolute atomic E-state index is 0.0504. The molecule has 1 aliphatic heterocycles. The van der Waals surface area contributed by atoms with Crippen molar-refractivity contribution in [1.29, 1.82) is 5.26 Å². The second-order valence-electron chi connectivity index (χ2n) is 8.12. The molecule has 1 aromatic carbocycles. The second kappa shape index (κ2) is 7.40. The number of likely N-dealkylation sites (tertiary alicyclic amines) is 1. The van der Waals surface area contributed by atoms with Gasteiger partial charge < -0.3 is 10.2 Å². The zero-order valence-electron chi connectivity index (χ0n) is 16.8. The SMILES string of the molecule is CNc1nc(C)c(CCN2CC3CC(c4ccc(C#N)cc4)C3C2)c(=O)n1C. The summed E-state index contributed by atoms with van der Waals surface area (Å²) in [6.45, 7) is 5.05. The van der Waals surface area contributed by atoms with Gasteiger partial charge in [0.1, 0.15) is 0 Å². The lowest BCUT2D eigenvalue weighted by Gasteiger charge is -2.40. The van der Waals surface area contributed by atoms with Gasteiger partial charge in [-0.25, -0.2) is 4.98 Å². The quantitative estimate of drug-likeness (QED) is 0.865. The van der Waals surface area contributed by atoms with Gasteiger partial charge in [0.05, 0.1) is 11.6 Å². The van der Waals surface area contributed by atoms with Crippen molar-refractivity contribution < 1.29 is 0 Å². The molecule has 3 atom stereocenters. The minimum atomic E-state index is 0.0504. The Morgan fingerprint density at radius 1 is 1.29 bits per heavy atom. The molecule has 3 unspecified atom stereocenters. The Bertz CT molecular complexity index is 972. The molecule has 0 amide bonds. The van der Waals surface area contributed by atoms with Crippen LogP contribution in [0.1, 0.15) is 34.7 Å². The third kappa shape index (κ3) is 3.20. The van der Waals surface area contributed by atoms with Crippen LogP contribution in [-0.4, -0.2) is 41.1 Å². The maximum absolute atomic E-state index is 12.6. The number of nitrogens with zero attached hydrogens (tertiary/aromatic N) is 4. The number of hydrogen-bond donors (Lipinski definition) is 1. The summed E-state index contributed by atoms with van der Waals surface area (Å²) in [7, 11) is 3.55. The predicted octanol–water partition coefficient (Wildman–Crippen LogP) is 2.28. The van der Waals surface area contributed by atoms with Crippen LogP contribution in [0.5, 0.6) is 0 Å². The monoisotopic (exact) mass is 377 g/mol. The van der Waals surface area contributed by atoms with Gasteiger partial charge >= 0.3 is 0 Å². The summed E-state index contributed by atoms with van der Waals surface area (Å²) in [5.41, 5.74) is 3.78. The molecule has 2 heterocycles. The summed E-state index contributed by atoms with van der Waals surface area (Å²) < 4.78 is 1.59. The van der Waals surface area contributed by atoms with Crippen molar-refractivity contribution in [1.82, 2.24) is 14.5 Å². The van der Waals surface area contributed by atoms with E-state index in [2.05, 4.69) is 33.4 Å². The predicted molar refractivity (Wildman–Crippen MR) is 109 cm³/mol. The molecule has 28 heavy (non-hydrogen) atoms. The zero-order chi connectivity index (χ0) is 19.8. The molecule has 0 radical (unpaired) electrons. The van der Waals surface area contributed by atoms with Crippen molar-refractivity contribution in [3.8, 4) is 6.07 Å². The molecule has 1 aliphatic carbocycles. The number of anilines is 1. The average molecular weight is 377 g/mol. The van der Waals surface area contributed by atoms with Crippen LogP contribution in [0, 0.1) is 30.1 Å². The van der Waals surface area contributed by atoms with E-state index < -0.39 is 0 Å². The Labute approximate surface area is 165 Å². The summed E-state index contributed by atoms with van der Waals surface area (Å²) in [5, 5.41) is 11.9. The zero-order valence-corrected chi connectivity index (χ0v) is 16.8. The smallest absolute Gasteiger partial charge is 0.258 e. The maximum atomic E-state index is 12.6. The van der Waals surface area contributed by atoms with E-state index in [1.54, 1.807) is 18.7 Å². The number of nitrogens with one attached hydrogen (secondary N) is 1. The molecule has 1 N–H and O–H groups in total. The van der Waals surface area contributed by atoms with E-state index in [1.807, 2.05) is 19.1 Å². The van der Waals surface area contributed by atoms with E-state index in [9.17, 15) is 4.79 Å². The lowest BCUT2D eigenvalue weighted by atomic mass is 9.64. The molecule has 2 aliphatic rings. The number of benzene rings is 1. The van der Waals surface area contributed by atoms with Crippen LogP contribution in [0.4, 0.5) is 5.95 Å². The van der Waals surface area contributed by atoms with Gasteiger partial charge in [0.15, 0.2) is 0 Å². The molecule has 0 bridgehead atoms. The van der Waals surface area contributed by atoms with Crippen LogP contribution in [0.3, 0.4) is 0 Å². The Balaban J connectivity index is 1.39. The van der Waals surface area contributed by atoms with E-state index in [4.69, 9.17) is 5.26 Å². The van der Waals surface area contributed by atoms with E-state index in [1.165, 1.54) is 12.0 Å². The normalized spacial score (nSPS) is 23.7. The number of aromatic nitrogens is 2. The highest BCUT2D eigenvalue weighted by Crippen LogP contribution is 2.51. The van der Waals surface area contributed by atoms with Crippen LogP contribution < -0.4 is 10.9 Å². The van der Waals surface area contributed by atoms with Crippen molar-refractivity contribution in [2.75, 3.05) is 32.0 Å². The first kappa shape index (κ1) is 18.7. The molecule has 2 fully saturated rings. The fourth-order valence-corrected chi connectivity index (χ4v) is 4.91. The third-order valence-electron chi connectivity index (χ3n) is 6.60. The summed E-state index contributed by atoms with van der Waals surface area (Å²) in [6.07, 6.45) is 1.97. The lowest BCUT2D eigenvalue weighted by Crippen LogP contribution is -2.33. The Morgan fingerprint density at radius 3 is 2.71 bits per heavy atom. The average Bonchev–Trinajstić information content (AvgIpc) is 3.01. The number of aryl methyl sites for hydroxylation is 1. The standard InChI is InChI=1S/C22H27N5O/c1-14-18(21(28)26(3)22(24-2)25-14)8-9-27-12-17-10-19(20(17)13-27)16-6-4-15(11-23)5-7-16/h4-7,17,19-20H,8-10,12-13H2,1-3H3,(H,24,25). The van der Waals surface area contributed by atoms with Crippen LogP contribution in [0.15, 0.2) is 29.1 Å². The van der Waals surface area contributed by atoms with E-state index in [-0.39, 0.29) is 5.56 Å². The van der Waals surface area contributed by atoms with Crippen molar-refractivity contribution in [2.45, 2.75) is 25.7 Å². The summed E-state index contributed by atoms with van der Waals surface area (Å²) >= 11 is 0. The van der Waals surface area contributed by atoms with Crippen molar-refractivity contribution in [3.63, 3.8) is 0 Å². The Kier molecular flexibility index (Phi) is 4.94. The Hall–Kier alpha value is -2.65. The molecule has 4 rings (SSSR count). The van der Waals surface area contributed by atoms with Gasteiger partial charge in [-0.3, -0.25) is 9.36 Å². The molecule has 6 nitrogen and oxygen atoms in total. The van der Waals surface area contributed by atoms with Crippen molar-refractivity contribution in [2.24, 2.45) is 18.9 Å². The highest BCUT2D eigenvalue weighted by atomic mass is 16.1. The largest absolute Gasteiger partial charge is 0.359 e. The third-order valence-corrected chi connectivity index (χ3v) is 6.60. The molecule has 0 spiro atoms. The number of rotatable bonds is 5. The molecule has 2 aromatic rings. The lowest BCUT2D eigenvalue weighted by molar-refractivity contribution is 0.191. The molecule has 1 saturated carbocycles. The van der Waals surface area contributed by atoms with Gasteiger partial charge in [0, 0.05) is 45.0 Å². The highest BCUT2D eigenvalue weighted by Gasteiger charge is 2.47. The van der Waals surface area contributed by atoms with Crippen LogP contribution in [0.2, 0.25) is 0 Å². The van der Waals surface area contributed by atoms with Gasteiger partial charge in [0.25, 0.3) is 5.56 Å². The topological polar surface area (TPSA) is 74.0 Å². The summed E-state index contributed by atoms with van der Waals surface area (Å²) in [6, 6.07) is 10.3. The molecule has 1 aromatic heterocycles. The first-order valence-electron chi connectivity index (χ1n) is 9.98. The molecular weight excluding hydrogens is 350 g/mol. The fourth-order valence-electron chi connectivity index (χ4n) is 4.91. The van der Waals surface area contributed by atoms with Gasteiger partial charge in [-0.2, -0.15) is 5.26 Å². The van der Waals surface area contributed by atoms with E-state index in [0.717, 1.165) is 48.8 Å². The van der Waals surface area contributed by atoms with E-state index >= 15 is 0 Å². The minimum Gasteiger partial charge on any atom is -0.359 e. The first-order valence-corrected chi connectivity index (χ1v) is 9.98. The molecule has 6 heteroatoms. The van der Waals surface area contributed by atoms with Crippen LogP contribution in [0.25, 0.3) is 0 Å². The van der Waals surface area contributed by atoms with Gasteiger partial charge in [-0.1, -0.05) is 12.1 Å². The second-order valence-corrected chi connectivity index (χ2v) is 8.12. The number of fused-ring (bicyclic) bond motifs is 1. The fraction of sp³-hybridized carbons (Fsp3) is 0.500. The molecule has 146 valence electrons.